The molecule has 2 N–H and O–H groups in total. The van der Waals surface area contributed by atoms with Crippen LogP contribution in [-0.4, -0.2) is 53.0 Å². The van der Waals surface area contributed by atoms with Crippen LogP contribution in [0.5, 0.6) is 0 Å². The third kappa shape index (κ3) is 6.74. The topological polar surface area (TPSA) is 91.8 Å². The Morgan fingerprint density at radius 1 is 1.15 bits per heavy atom. The normalized spacial score (nSPS) is 15.5. The predicted molar refractivity (Wildman–Crippen MR) is 171 cm³/mol. The van der Waals surface area contributed by atoms with Gasteiger partial charge in [0.1, 0.15) is 5.82 Å². The van der Waals surface area contributed by atoms with Crippen molar-refractivity contribution >= 4 is 74.6 Å². The second kappa shape index (κ2) is 13.2. The number of methoxy groups -OCH3 is 1. The summed E-state index contributed by atoms with van der Waals surface area (Å²) in [4.78, 5) is 34.5. The number of ketones is 1. The van der Waals surface area contributed by atoms with Crippen LogP contribution in [0.4, 0.5) is 5.82 Å². The molecule has 1 amide bonds. The van der Waals surface area contributed by atoms with Crippen LogP contribution in [0, 0.1) is 12.3 Å². The number of Topliss-reactive ketones (excluding diaryl/α,β-unsaturated/α-hetero) is 1. The molecule has 2 aromatic carbocycles. The van der Waals surface area contributed by atoms with E-state index in [4.69, 9.17) is 9.72 Å². The summed E-state index contributed by atoms with van der Waals surface area (Å²) in [6.45, 7) is 10.2. The Bertz CT molecular complexity index is 1580. The van der Waals surface area contributed by atoms with Crippen LogP contribution >= 0.6 is 36.2 Å². The first kappa shape index (κ1) is 32.9. The van der Waals surface area contributed by atoms with Gasteiger partial charge in [-0.05, 0) is 48.2 Å². The minimum absolute atomic E-state index is 0. The molecule has 0 radical (unpaired) electrons. The molecule has 1 atom stereocenters. The maximum Gasteiger partial charge on any atom is 0.267 e. The highest BCUT2D eigenvalue weighted by Gasteiger charge is 2.28. The molecule has 1 aliphatic rings. The lowest BCUT2D eigenvalue weighted by molar-refractivity contribution is 0.0860. The van der Waals surface area contributed by atoms with Gasteiger partial charge in [0, 0.05) is 53.2 Å². The Hall–Kier alpha value is -2.59. The van der Waals surface area contributed by atoms with E-state index in [0.29, 0.717) is 36.0 Å². The molecule has 5 rings (SSSR count). The number of aliphatic hydroxyl groups excluding tert-OH is 1. The molecule has 0 spiro atoms. The fraction of sp³-hybridized carbons (Fsp3) is 0.387. The summed E-state index contributed by atoms with van der Waals surface area (Å²) in [5.74, 6) is 0.266. The molecular formula is C31H37Cl2N3O4S. The zero-order valence-corrected chi connectivity index (χ0v) is 26.4. The van der Waals surface area contributed by atoms with Gasteiger partial charge in [0.25, 0.3) is 5.91 Å². The van der Waals surface area contributed by atoms with E-state index in [0.717, 1.165) is 50.6 Å². The highest BCUT2D eigenvalue weighted by molar-refractivity contribution is 7.21. The highest BCUT2D eigenvalue weighted by atomic mass is 35.5. The zero-order chi connectivity index (χ0) is 27.9. The molecule has 10 heteroatoms. The van der Waals surface area contributed by atoms with E-state index in [1.165, 1.54) is 11.3 Å². The summed E-state index contributed by atoms with van der Waals surface area (Å²) in [5, 5.41) is 15.0. The number of β-amino-alcohol motifs (C(OH)–C–C–N with tert-alkyl or cyclic N) is 1. The Kier molecular flexibility index (Phi) is 10.6. The van der Waals surface area contributed by atoms with E-state index in [1.54, 1.807) is 7.11 Å². The second-order valence-corrected chi connectivity index (χ2v) is 12.4. The molecular weight excluding hydrogens is 581 g/mol. The van der Waals surface area contributed by atoms with Gasteiger partial charge < -0.3 is 15.2 Å². The molecule has 0 aliphatic carbocycles. The van der Waals surface area contributed by atoms with E-state index in [1.807, 2.05) is 70.2 Å². The number of aliphatic hydroxyl groups is 1. The van der Waals surface area contributed by atoms with Crippen molar-refractivity contribution in [2.45, 2.75) is 53.4 Å². The Balaban J connectivity index is 0.00000231. The number of nitrogens with one attached hydrogen (secondary N) is 1. The van der Waals surface area contributed by atoms with Gasteiger partial charge in [0.15, 0.2) is 5.78 Å². The summed E-state index contributed by atoms with van der Waals surface area (Å²) in [6.07, 6.45) is 0.467. The smallest absolute Gasteiger partial charge is 0.267 e. The molecule has 0 unspecified atom stereocenters. The SMILES string of the molecule is COCc1ccc(C(=O)C(C)(C)C)c2sc(C(=O)Nc3cc(CN4CC[C@@H](O)C4)c4ccccc4n3)c(C)c12.Cl.Cl. The number of aromatic nitrogens is 1. The third-order valence-electron chi connectivity index (χ3n) is 7.28. The number of nitrogens with zero attached hydrogens (tertiary/aromatic N) is 2. The molecule has 1 saturated heterocycles. The summed E-state index contributed by atoms with van der Waals surface area (Å²) in [6, 6.07) is 13.6. The maximum absolute atomic E-state index is 13.7. The van der Waals surface area contributed by atoms with Crippen molar-refractivity contribution in [3.8, 4) is 0 Å². The number of pyridine rings is 1. The molecule has 0 bridgehead atoms. The van der Waals surface area contributed by atoms with Gasteiger partial charge in [-0.2, -0.15) is 0 Å². The number of halogens is 2. The lowest BCUT2D eigenvalue weighted by atomic mass is 9.85. The number of hydrogen-bond acceptors (Lipinski definition) is 7. The molecule has 220 valence electrons. The molecule has 4 aromatic rings. The van der Waals surface area contributed by atoms with Crippen molar-refractivity contribution in [3.05, 3.63) is 69.6 Å². The van der Waals surface area contributed by atoms with Crippen molar-refractivity contribution in [2.24, 2.45) is 5.41 Å². The van der Waals surface area contributed by atoms with Gasteiger partial charge in [-0.3, -0.25) is 14.5 Å². The number of para-hydroxylation sites is 1. The summed E-state index contributed by atoms with van der Waals surface area (Å²) < 4.78 is 6.24. The first-order valence-electron chi connectivity index (χ1n) is 13.3. The van der Waals surface area contributed by atoms with E-state index in [2.05, 4.69) is 10.2 Å². The summed E-state index contributed by atoms with van der Waals surface area (Å²) in [7, 11) is 1.64. The fourth-order valence-corrected chi connectivity index (χ4v) is 6.58. The number of ether oxygens (including phenoxy) is 1. The van der Waals surface area contributed by atoms with E-state index < -0.39 is 5.41 Å². The lowest BCUT2D eigenvalue weighted by Gasteiger charge is -2.17. The highest BCUT2D eigenvalue weighted by Crippen LogP contribution is 2.39. The molecule has 1 aliphatic heterocycles. The first-order chi connectivity index (χ1) is 18.6. The van der Waals surface area contributed by atoms with Gasteiger partial charge >= 0.3 is 0 Å². The van der Waals surface area contributed by atoms with Crippen LogP contribution < -0.4 is 5.32 Å². The fourth-order valence-electron chi connectivity index (χ4n) is 5.32. The molecule has 3 heterocycles. The van der Waals surface area contributed by atoms with E-state index in [9.17, 15) is 14.7 Å². The Morgan fingerprint density at radius 3 is 2.54 bits per heavy atom. The van der Waals surface area contributed by atoms with Crippen molar-refractivity contribution < 1.29 is 19.4 Å². The van der Waals surface area contributed by atoms with E-state index >= 15 is 0 Å². The third-order valence-corrected chi connectivity index (χ3v) is 8.60. The van der Waals surface area contributed by atoms with Crippen LogP contribution in [-0.2, 0) is 17.9 Å². The van der Waals surface area contributed by atoms with Crippen LogP contribution in [0.2, 0.25) is 0 Å². The Morgan fingerprint density at radius 2 is 1.88 bits per heavy atom. The average Bonchev–Trinajstić information content (AvgIpc) is 3.46. The van der Waals surface area contributed by atoms with Crippen molar-refractivity contribution in [2.75, 3.05) is 25.5 Å². The van der Waals surface area contributed by atoms with Crippen LogP contribution in [0.15, 0.2) is 42.5 Å². The molecule has 2 aromatic heterocycles. The molecule has 0 saturated carbocycles. The predicted octanol–water partition coefficient (Wildman–Crippen LogP) is 6.80. The summed E-state index contributed by atoms with van der Waals surface area (Å²) >= 11 is 1.34. The van der Waals surface area contributed by atoms with Gasteiger partial charge in [0.2, 0.25) is 0 Å². The number of thiophene rings is 1. The average molecular weight is 619 g/mol. The zero-order valence-electron chi connectivity index (χ0n) is 23.9. The minimum Gasteiger partial charge on any atom is -0.392 e. The molecule has 1 fully saturated rings. The number of likely N-dealkylation sites (tertiary alicyclic amines) is 1. The number of carbonyl (C=O) groups is 2. The van der Waals surface area contributed by atoms with Crippen molar-refractivity contribution in [3.63, 3.8) is 0 Å². The summed E-state index contributed by atoms with van der Waals surface area (Å²) in [5.41, 5.74) is 3.72. The quantitative estimate of drug-likeness (QED) is 0.222. The van der Waals surface area contributed by atoms with Crippen LogP contribution in [0.1, 0.15) is 63.9 Å². The van der Waals surface area contributed by atoms with Crippen molar-refractivity contribution in [1.82, 2.24) is 9.88 Å². The number of rotatable bonds is 7. The number of benzene rings is 2. The van der Waals surface area contributed by atoms with Crippen LogP contribution in [0.25, 0.3) is 21.0 Å². The number of hydrogen-bond donors (Lipinski definition) is 2. The van der Waals surface area contributed by atoms with E-state index in [-0.39, 0.29) is 42.6 Å². The number of carbonyl (C=O) groups excluding carboxylic acids is 2. The van der Waals surface area contributed by atoms with Crippen LogP contribution in [0.3, 0.4) is 0 Å². The largest absolute Gasteiger partial charge is 0.392 e. The molecule has 41 heavy (non-hydrogen) atoms. The van der Waals surface area contributed by atoms with Crippen molar-refractivity contribution in [1.29, 1.82) is 0 Å². The first-order valence-corrected chi connectivity index (χ1v) is 14.1. The lowest BCUT2D eigenvalue weighted by Crippen LogP contribution is -2.22. The monoisotopic (exact) mass is 617 g/mol. The minimum atomic E-state index is -0.549. The standard InChI is InChI=1S/C31H35N3O4S.2ClH/c1-18-26-19(17-38-5)10-11-23(29(36)31(2,3)4)28(26)39-27(18)30(37)33-25-14-20(15-34-13-12-21(35)16-34)22-8-6-7-9-24(22)32-25;;/h6-11,14,21,35H,12-13,15-17H2,1-5H3,(H,32,33,37);2*1H/t21-;;/m1../s1. The van der Waals surface area contributed by atoms with Gasteiger partial charge in [-0.15, -0.1) is 36.2 Å². The number of amides is 1. The Labute approximate surface area is 257 Å². The van der Waals surface area contributed by atoms with Gasteiger partial charge in [-0.25, -0.2) is 4.98 Å². The maximum atomic E-state index is 13.7. The van der Waals surface area contributed by atoms with Gasteiger partial charge in [-0.1, -0.05) is 45.0 Å². The number of anilines is 1. The van der Waals surface area contributed by atoms with Gasteiger partial charge in [0.05, 0.1) is 23.1 Å². The number of fused-ring (bicyclic) bond motifs is 2. The molecule has 7 nitrogen and oxygen atoms in total. The second-order valence-electron chi connectivity index (χ2n) is 11.4. The number of aryl methyl sites for hydroxylation is 1.